The third-order valence-electron chi connectivity index (χ3n) is 2.62. The van der Waals surface area contributed by atoms with Crippen LogP contribution in [0, 0.1) is 6.92 Å². The number of para-hydroxylation sites is 1. The summed E-state index contributed by atoms with van der Waals surface area (Å²) in [6.07, 6.45) is 0. The van der Waals surface area contributed by atoms with E-state index >= 15 is 0 Å². The second-order valence-electron chi connectivity index (χ2n) is 3.87. The van der Waals surface area contributed by atoms with Gasteiger partial charge >= 0.3 is 0 Å². The van der Waals surface area contributed by atoms with Crippen LogP contribution >= 0.6 is 11.6 Å². The van der Waals surface area contributed by atoms with Gasteiger partial charge in [0.25, 0.3) is 0 Å². The molecule has 0 saturated heterocycles. The second-order valence-corrected chi connectivity index (χ2v) is 4.23. The average Bonchev–Trinajstić information content (AvgIpc) is 2.66. The van der Waals surface area contributed by atoms with Crippen molar-refractivity contribution in [2.75, 3.05) is 5.73 Å². The first-order valence-electron chi connectivity index (χ1n) is 5.40. The summed E-state index contributed by atoms with van der Waals surface area (Å²) in [5.41, 5.74) is 7.95. The standard InChI is InChI=1S/C12H10ClN5/c1-7-15-10(13)9-11(16-7)17-12(14)18(9)8-5-3-2-4-6-8/h2-6H,1H3,(H2,14,15,16,17). The zero-order valence-corrected chi connectivity index (χ0v) is 10.4. The van der Waals surface area contributed by atoms with Crippen LogP contribution in [-0.2, 0) is 0 Å². The maximum absolute atomic E-state index is 6.16. The Labute approximate surface area is 108 Å². The molecule has 90 valence electrons. The molecule has 18 heavy (non-hydrogen) atoms. The number of aryl methyl sites for hydroxylation is 1. The summed E-state index contributed by atoms with van der Waals surface area (Å²) < 4.78 is 1.75. The van der Waals surface area contributed by atoms with Crippen molar-refractivity contribution >= 4 is 28.7 Å². The Bertz CT molecular complexity index is 720. The van der Waals surface area contributed by atoms with Crippen LogP contribution in [0.2, 0.25) is 5.15 Å². The molecule has 0 fully saturated rings. The van der Waals surface area contributed by atoms with Crippen LogP contribution in [0.15, 0.2) is 30.3 Å². The lowest BCUT2D eigenvalue weighted by Crippen LogP contribution is -2.01. The molecule has 6 heteroatoms. The zero-order valence-electron chi connectivity index (χ0n) is 9.63. The third kappa shape index (κ3) is 1.60. The van der Waals surface area contributed by atoms with E-state index in [1.165, 1.54) is 0 Å². The first kappa shape index (κ1) is 11.0. The zero-order chi connectivity index (χ0) is 12.7. The molecule has 2 N–H and O–H groups in total. The summed E-state index contributed by atoms with van der Waals surface area (Å²) in [5.74, 6) is 0.920. The predicted octanol–water partition coefficient (Wildman–Crippen LogP) is 2.36. The second kappa shape index (κ2) is 3.96. The number of fused-ring (bicyclic) bond motifs is 1. The van der Waals surface area contributed by atoms with E-state index < -0.39 is 0 Å². The van der Waals surface area contributed by atoms with Gasteiger partial charge in [0.1, 0.15) is 11.3 Å². The van der Waals surface area contributed by atoms with Gasteiger partial charge in [0.15, 0.2) is 10.8 Å². The average molecular weight is 260 g/mol. The fourth-order valence-electron chi connectivity index (χ4n) is 1.90. The first-order chi connectivity index (χ1) is 8.66. The minimum absolute atomic E-state index is 0.345. The van der Waals surface area contributed by atoms with Crippen molar-refractivity contribution in [2.45, 2.75) is 6.92 Å². The van der Waals surface area contributed by atoms with E-state index in [4.69, 9.17) is 17.3 Å². The fourth-order valence-corrected chi connectivity index (χ4v) is 2.19. The van der Waals surface area contributed by atoms with Gasteiger partial charge in [-0.2, -0.15) is 4.98 Å². The minimum atomic E-state index is 0.345. The number of aromatic nitrogens is 4. The normalized spacial score (nSPS) is 11.0. The molecule has 0 unspecified atom stereocenters. The molecule has 3 rings (SSSR count). The molecule has 0 radical (unpaired) electrons. The Morgan fingerprint density at radius 3 is 2.56 bits per heavy atom. The van der Waals surface area contributed by atoms with E-state index in [1.807, 2.05) is 30.3 Å². The van der Waals surface area contributed by atoms with E-state index in [2.05, 4.69) is 15.0 Å². The van der Waals surface area contributed by atoms with E-state index in [-0.39, 0.29) is 0 Å². The van der Waals surface area contributed by atoms with Crippen molar-refractivity contribution < 1.29 is 0 Å². The van der Waals surface area contributed by atoms with Crippen molar-refractivity contribution in [2.24, 2.45) is 0 Å². The van der Waals surface area contributed by atoms with Gasteiger partial charge in [0, 0.05) is 5.69 Å². The lowest BCUT2D eigenvalue weighted by Gasteiger charge is -2.06. The molecule has 5 nitrogen and oxygen atoms in total. The number of hydrogen-bond donors (Lipinski definition) is 1. The number of anilines is 1. The van der Waals surface area contributed by atoms with Crippen LogP contribution in [0.25, 0.3) is 16.9 Å². The minimum Gasteiger partial charge on any atom is -0.369 e. The highest BCUT2D eigenvalue weighted by molar-refractivity contribution is 6.33. The number of hydrogen-bond acceptors (Lipinski definition) is 4. The van der Waals surface area contributed by atoms with Crippen molar-refractivity contribution in [3.63, 3.8) is 0 Å². The molecule has 0 amide bonds. The van der Waals surface area contributed by atoms with Crippen molar-refractivity contribution in [3.8, 4) is 5.69 Å². The Morgan fingerprint density at radius 1 is 1.11 bits per heavy atom. The summed E-state index contributed by atoms with van der Waals surface area (Å²) in [5, 5.41) is 0.352. The Balaban J connectivity index is 2.40. The number of nitrogens with two attached hydrogens (primary N) is 1. The molecule has 2 heterocycles. The molecule has 0 bridgehead atoms. The molecular weight excluding hydrogens is 250 g/mol. The van der Waals surface area contributed by atoms with Gasteiger partial charge < -0.3 is 5.73 Å². The SMILES string of the molecule is Cc1nc(Cl)c2c(n1)nc(N)n2-c1ccccc1. The van der Waals surface area contributed by atoms with Crippen LogP contribution in [0.5, 0.6) is 0 Å². The quantitative estimate of drug-likeness (QED) is 0.681. The van der Waals surface area contributed by atoms with Crippen LogP contribution in [-0.4, -0.2) is 19.5 Å². The summed E-state index contributed by atoms with van der Waals surface area (Å²) >= 11 is 6.16. The molecule has 1 aromatic carbocycles. The number of halogens is 1. The molecular formula is C12H10ClN5. The van der Waals surface area contributed by atoms with Crippen LogP contribution < -0.4 is 5.73 Å². The van der Waals surface area contributed by atoms with Crippen LogP contribution in [0.3, 0.4) is 0 Å². The van der Waals surface area contributed by atoms with Crippen LogP contribution in [0.4, 0.5) is 5.95 Å². The summed E-state index contributed by atoms with van der Waals surface area (Å²) in [7, 11) is 0. The van der Waals surface area contributed by atoms with Gasteiger partial charge in [-0.15, -0.1) is 0 Å². The highest BCUT2D eigenvalue weighted by Gasteiger charge is 2.15. The van der Waals surface area contributed by atoms with Gasteiger partial charge in [-0.1, -0.05) is 29.8 Å². The predicted molar refractivity (Wildman–Crippen MR) is 70.8 cm³/mol. The smallest absolute Gasteiger partial charge is 0.207 e. The first-order valence-corrected chi connectivity index (χ1v) is 5.78. The van der Waals surface area contributed by atoms with E-state index in [1.54, 1.807) is 11.5 Å². The molecule has 3 aromatic rings. The maximum Gasteiger partial charge on any atom is 0.207 e. The Morgan fingerprint density at radius 2 is 1.83 bits per heavy atom. The van der Waals surface area contributed by atoms with Gasteiger partial charge in [-0.05, 0) is 19.1 Å². The fraction of sp³-hybridized carbons (Fsp3) is 0.0833. The highest BCUT2D eigenvalue weighted by Crippen LogP contribution is 2.26. The number of nitrogens with zero attached hydrogens (tertiary/aromatic N) is 4. The van der Waals surface area contributed by atoms with E-state index in [9.17, 15) is 0 Å². The van der Waals surface area contributed by atoms with Crippen molar-refractivity contribution in [1.82, 2.24) is 19.5 Å². The maximum atomic E-state index is 6.16. The van der Waals surface area contributed by atoms with Crippen molar-refractivity contribution in [3.05, 3.63) is 41.3 Å². The van der Waals surface area contributed by atoms with Gasteiger partial charge in [-0.3, -0.25) is 4.57 Å². The Kier molecular flexibility index (Phi) is 2.41. The number of rotatable bonds is 1. The highest BCUT2D eigenvalue weighted by atomic mass is 35.5. The number of nitrogen functional groups attached to an aromatic ring is 1. The van der Waals surface area contributed by atoms with Gasteiger partial charge in [0.2, 0.25) is 5.95 Å². The molecule has 0 spiro atoms. The molecule has 0 aliphatic carbocycles. The molecule has 2 aromatic heterocycles. The molecule has 0 atom stereocenters. The summed E-state index contributed by atoms with van der Waals surface area (Å²) in [4.78, 5) is 12.6. The monoisotopic (exact) mass is 259 g/mol. The van der Waals surface area contributed by atoms with Gasteiger partial charge in [0.05, 0.1) is 0 Å². The lowest BCUT2D eigenvalue weighted by atomic mass is 10.3. The lowest BCUT2D eigenvalue weighted by molar-refractivity contribution is 1.07. The number of benzene rings is 1. The summed E-state index contributed by atoms with van der Waals surface area (Å²) in [6.45, 7) is 1.77. The number of imidazole rings is 1. The van der Waals surface area contributed by atoms with E-state index in [0.29, 0.717) is 28.1 Å². The van der Waals surface area contributed by atoms with Gasteiger partial charge in [-0.25, -0.2) is 9.97 Å². The largest absolute Gasteiger partial charge is 0.369 e. The Hall–Kier alpha value is -2.14. The topological polar surface area (TPSA) is 69.6 Å². The van der Waals surface area contributed by atoms with E-state index in [0.717, 1.165) is 5.69 Å². The van der Waals surface area contributed by atoms with Crippen LogP contribution in [0.1, 0.15) is 5.82 Å². The molecule has 0 aliphatic rings. The molecule has 0 saturated carbocycles. The summed E-state index contributed by atoms with van der Waals surface area (Å²) in [6, 6.07) is 9.62. The van der Waals surface area contributed by atoms with Crippen molar-refractivity contribution in [1.29, 1.82) is 0 Å². The molecule has 0 aliphatic heterocycles. The third-order valence-corrected chi connectivity index (χ3v) is 2.89.